The molecule has 0 atom stereocenters. The minimum absolute atomic E-state index is 0.0219. The van der Waals surface area contributed by atoms with Crippen molar-refractivity contribution in [3.8, 4) is 23.0 Å². The van der Waals surface area contributed by atoms with Crippen LogP contribution in [0.3, 0.4) is 0 Å². The minimum Gasteiger partial charge on any atom is -0.493 e. The summed E-state index contributed by atoms with van der Waals surface area (Å²) in [6.45, 7) is 10.9. The molecule has 8 fully saturated rings. The van der Waals surface area contributed by atoms with Crippen molar-refractivity contribution < 1.29 is 28.5 Å². The van der Waals surface area contributed by atoms with Crippen LogP contribution < -0.4 is 29.6 Å². The molecule has 0 aromatic heterocycles. The van der Waals surface area contributed by atoms with Gasteiger partial charge in [-0.25, -0.2) is 0 Å². The molecule has 0 spiro atoms. The van der Waals surface area contributed by atoms with E-state index in [1.807, 2.05) is 0 Å². The van der Waals surface area contributed by atoms with Gasteiger partial charge in [-0.1, -0.05) is 27.7 Å². The van der Waals surface area contributed by atoms with Crippen LogP contribution in [-0.4, -0.2) is 49.3 Å². The first-order valence-corrected chi connectivity index (χ1v) is 30.2. The molecule has 8 nitrogen and oxygen atoms in total. The summed E-state index contributed by atoms with van der Waals surface area (Å²) in [6, 6.07) is 17.5. The lowest BCUT2D eigenvalue weighted by molar-refractivity contribution is -0.0171. The number of hydrogen-bond donors (Lipinski definition) is 2. The molecule has 4 aromatic rings. The van der Waals surface area contributed by atoms with E-state index in [2.05, 4.69) is 132 Å². The predicted octanol–water partition coefficient (Wildman–Crippen LogP) is 14.1. The summed E-state index contributed by atoms with van der Waals surface area (Å²) in [5.74, 6) is 7.77. The summed E-state index contributed by atoms with van der Waals surface area (Å²) < 4.78 is 29.9. The highest BCUT2D eigenvalue weighted by atomic mass is 127. The van der Waals surface area contributed by atoms with Crippen molar-refractivity contribution in [3.63, 3.8) is 0 Å². The Bertz CT molecular complexity index is 2360. The molecule has 0 unspecified atom stereocenters. The topological polar surface area (TPSA) is 95.1 Å². The van der Waals surface area contributed by atoms with E-state index < -0.39 is 0 Å². The van der Waals surface area contributed by atoms with Crippen molar-refractivity contribution in [2.75, 3.05) is 26.4 Å². The second-order valence-electron chi connectivity index (χ2n) is 23.8. The smallest absolute Gasteiger partial charge is 0.251 e. The maximum atomic E-state index is 15.0. The lowest BCUT2D eigenvalue weighted by atomic mass is 9.53. The predicted molar refractivity (Wildman–Crippen MR) is 302 cm³/mol. The zero-order valence-corrected chi connectivity index (χ0v) is 47.6. The Morgan fingerprint density at radius 1 is 0.417 bits per heavy atom. The molecular weight excluding hydrogens is 1120 g/mol. The lowest BCUT2D eigenvalue weighted by Gasteiger charge is -2.56. The lowest BCUT2D eigenvalue weighted by Crippen LogP contribution is -2.59. The maximum absolute atomic E-state index is 15.0. The zero-order valence-electron chi connectivity index (χ0n) is 43.3. The summed E-state index contributed by atoms with van der Waals surface area (Å²) in [5.41, 5.74) is 9.28. The van der Waals surface area contributed by atoms with Crippen molar-refractivity contribution in [1.29, 1.82) is 0 Å². The Kier molecular flexibility index (Phi) is 14.9. The fourth-order valence-electron chi connectivity index (χ4n) is 15.8. The highest BCUT2D eigenvalue weighted by Crippen LogP contribution is 2.57. The van der Waals surface area contributed by atoms with Crippen LogP contribution in [-0.2, 0) is 25.7 Å². The Labute approximate surface area is 456 Å². The molecule has 0 heterocycles. The Balaban J connectivity index is 1.08. The average Bonchev–Trinajstić information content (AvgIpc) is 3.31. The van der Waals surface area contributed by atoms with Crippen LogP contribution in [0.25, 0.3) is 0 Å². The molecule has 8 saturated carbocycles. The second-order valence-corrected chi connectivity index (χ2v) is 26.2. The van der Waals surface area contributed by atoms with Gasteiger partial charge in [0.1, 0.15) is 23.0 Å². The van der Waals surface area contributed by atoms with Crippen LogP contribution in [0.1, 0.15) is 196 Å². The van der Waals surface area contributed by atoms with Crippen LogP contribution in [0.15, 0.2) is 48.5 Å². The second kappa shape index (κ2) is 21.2. The van der Waals surface area contributed by atoms with Gasteiger partial charge in [-0.15, -0.1) is 0 Å². The van der Waals surface area contributed by atoms with E-state index in [9.17, 15) is 0 Å². The molecule has 0 saturated heterocycles. The van der Waals surface area contributed by atoms with E-state index in [1.165, 1.54) is 38.5 Å². The molecule has 0 radical (unpaired) electrons. The standard InChI is InChI=1S/C62H76I2N2O6/c1-5-9-69-55-43-19-47-27-53(63)29-49(57(47)71-11-7-3)21-45-25-52(60(68)66-62-34-40-16-41(35-62)18-42(17-40)36-62)26-46(56(45)70-10-6-2)22-50-30-54(64)28-48(58(50)72-12-8-4)20-44(55)24-51(23-43)59(67)65-61-31-37-13-38(32-61)15-39(14-37)33-61/h23-30,37-42H,5-22,31-36H2,1-4H3,(H,65,67)(H,66,68). The van der Waals surface area contributed by atoms with Gasteiger partial charge < -0.3 is 29.6 Å². The third kappa shape index (κ3) is 10.5. The van der Waals surface area contributed by atoms with E-state index in [0.717, 1.165) is 174 Å². The normalized spacial score (nSPS) is 27.4. The average molecular weight is 1200 g/mol. The Hall–Kier alpha value is -3.52. The first-order valence-electron chi connectivity index (χ1n) is 28.0. The van der Waals surface area contributed by atoms with Crippen molar-refractivity contribution in [2.24, 2.45) is 35.5 Å². The number of hydrogen-bond acceptors (Lipinski definition) is 6. The van der Waals surface area contributed by atoms with E-state index in [-0.39, 0.29) is 22.9 Å². The molecule has 9 aliphatic carbocycles. The number of benzene rings is 4. The molecule has 384 valence electrons. The maximum Gasteiger partial charge on any atom is 0.251 e. The number of ether oxygens (including phenoxy) is 4. The number of amides is 2. The van der Waals surface area contributed by atoms with Crippen LogP contribution in [0.5, 0.6) is 23.0 Å². The quantitative estimate of drug-likeness (QED) is 0.0956. The molecular formula is C62H76I2N2O6. The largest absolute Gasteiger partial charge is 0.493 e. The molecule has 2 N–H and O–H groups in total. The molecule has 4 aromatic carbocycles. The molecule has 9 aliphatic rings. The van der Waals surface area contributed by atoms with Gasteiger partial charge >= 0.3 is 0 Å². The van der Waals surface area contributed by atoms with Crippen molar-refractivity contribution in [1.82, 2.24) is 10.6 Å². The Morgan fingerprint density at radius 3 is 0.861 bits per heavy atom. The van der Waals surface area contributed by atoms with Crippen molar-refractivity contribution >= 4 is 57.0 Å². The van der Waals surface area contributed by atoms with Gasteiger partial charge in [0.15, 0.2) is 0 Å². The van der Waals surface area contributed by atoms with Crippen molar-refractivity contribution in [3.05, 3.63) is 111 Å². The van der Waals surface area contributed by atoms with Gasteiger partial charge in [0.25, 0.3) is 11.8 Å². The van der Waals surface area contributed by atoms with Gasteiger partial charge in [-0.3, -0.25) is 9.59 Å². The van der Waals surface area contributed by atoms with Gasteiger partial charge in [0.05, 0.1) is 26.4 Å². The number of rotatable bonds is 16. The van der Waals surface area contributed by atoms with E-state index in [1.54, 1.807) is 0 Å². The fourth-order valence-corrected chi connectivity index (χ4v) is 17.3. The van der Waals surface area contributed by atoms with Crippen LogP contribution >= 0.6 is 45.2 Å². The molecule has 13 rings (SSSR count). The SMILES string of the molecule is CCCOc1c2cc(I)cc1Cc1cc(C(=O)NC34CC5CC(CC(C5)C3)C4)cc(c1OCCC)Cc1cc(I)cc(c1OCCC)Cc1cc(C(=O)NC34CC5CC(CC(C5)C3)C4)cc(c1OCCC)C2. The number of carbonyl (C=O) groups excluding carboxylic acids is 2. The summed E-state index contributed by atoms with van der Waals surface area (Å²) in [7, 11) is 0. The number of halogens is 2. The van der Waals surface area contributed by atoms with Crippen LogP contribution in [0.4, 0.5) is 0 Å². The number of nitrogens with one attached hydrogen (secondary N) is 2. The zero-order chi connectivity index (χ0) is 49.7. The first-order chi connectivity index (χ1) is 34.9. The fraction of sp³-hybridized carbons (Fsp3) is 0.581. The minimum atomic E-state index is -0.126. The third-order valence-corrected chi connectivity index (χ3v) is 18.8. The monoisotopic (exact) mass is 1200 g/mol. The summed E-state index contributed by atoms with van der Waals surface area (Å²) >= 11 is 4.92. The Morgan fingerprint density at radius 2 is 0.639 bits per heavy atom. The van der Waals surface area contributed by atoms with Gasteiger partial charge in [-0.2, -0.15) is 0 Å². The number of fused-ring (bicyclic) bond motifs is 8. The summed E-state index contributed by atoms with van der Waals surface area (Å²) in [4.78, 5) is 30.1. The molecule has 2 amide bonds. The van der Waals surface area contributed by atoms with Crippen LogP contribution in [0, 0.1) is 42.6 Å². The van der Waals surface area contributed by atoms with E-state index in [4.69, 9.17) is 18.9 Å². The first kappa shape index (κ1) is 50.6. The molecule has 0 aliphatic heterocycles. The summed E-state index contributed by atoms with van der Waals surface area (Å²) in [6.07, 6.45) is 20.0. The summed E-state index contributed by atoms with van der Waals surface area (Å²) in [5, 5.41) is 7.47. The molecule has 16 bridgehead atoms. The molecule has 72 heavy (non-hydrogen) atoms. The highest BCUT2D eigenvalue weighted by Gasteiger charge is 2.53. The van der Waals surface area contributed by atoms with Gasteiger partial charge in [-0.05, 0) is 276 Å². The van der Waals surface area contributed by atoms with Crippen LogP contribution in [0.2, 0.25) is 0 Å². The van der Waals surface area contributed by atoms with E-state index in [0.29, 0.717) is 63.2 Å². The third-order valence-electron chi connectivity index (χ3n) is 17.6. The van der Waals surface area contributed by atoms with E-state index >= 15 is 9.59 Å². The van der Waals surface area contributed by atoms with Gasteiger partial charge in [0, 0.05) is 55.0 Å². The molecule has 10 heteroatoms. The van der Waals surface area contributed by atoms with Crippen molar-refractivity contribution in [2.45, 2.75) is 167 Å². The number of carbonyl (C=O) groups is 2. The highest BCUT2D eigenvalue weighted by molar-refractivity contribution is 14.1. The van der Waals surface area contributed by atoms with Gasteiger partial charge in [0.2, 0.25) is 0 Å².